The lowest BCUT2D eigenvalue weighted by atomic mass is 10.2. The number of ether oxygens (including phenoxy) is 2. The van der Waals surface area contributed by atoms with E-state index in [1.807, 2.05) is 30.3 Å². The summed E-state index contributed by atoms with van der Waals surface area (Å²) in [6, 6.07) is 9.73. The number of hydrogen-bond acceptors (Lipinski definition) is 6. The number of nitrogens with zero attached hydrogens (tertiary/aromatic N) is 2. The predicted octanol–water partition coefficient (Wildman–Crippen LogP) is 2.55. The van der Waals surface area contributed by atoms with E-state index in [9.17, 15) is 0 Å². The van der Waals surface area contributed by atoms with E-state index in [4.69, 9.17) is 9.47 Å². The van der Waals surface area contributed by atoms with Crippen LogP contribution < -0.4 is 15.4 Å². The minimum atomic E-state index is 0.586. The molecule has 0 saturated heterocycles. The van der Waals surface area contributed by atoms with Gasteiger partial charge in [-0.2, -0.15) is 4.98 Å². The predicted molar refractivity (Wildman–Crippen MR) is 87.3 cm³/mol. The van der Waals surface area contributed by atoms with Gasteiger partial charge in [-0.1, -0.05) is 18.2 Å². The second kappa shape index (κ2) is 8.84. The van der Waals surface area contributed by atoms with Crippen LogP contribution in [0, 0.1) is 0 Å². The monoisotopic (exact) mass is 302 g/mol. The van der Waals surface area contributed by atoms with E-state index in [1.165, 1.54) is 0 Å². The number of aromatic nitrogens is 2. The molecule has 2 rings (SSSR count). The Hall–Kier alpha value is -2.34. The van der Waals surface area contributed by atoms with Crippen molar-refractivity contribution in [2.45, 2.75) is 13.0 Å². The molecule has 0 bridgehead atoms. The topological polar surface area (TPSA) is 68.3 Å². The number of para-hydroxylation sites is 1. The second-order valence-corrected chi connectivity index (χ2v) is 4.70. The maximum Gasteiger partial charge on any atom is 0.224 e. The van der Waals surface area contributed by atoms with Crippen LogP contribution in [0.3, 0.4) is 0 Å². The fourth-order valence-corrected chi connectivity index (χ4v) is 2.00. The molecule has 1 aromatic heterocycles. The van der Waals surface area contributed by atoms with Gasteiger partial charge in [0, 0.05) is 38.6 Å². The molecule has 1 aromatic carbocycles. The van der Waals surface area contributed by atoms with E-state index < -0.39 is 0 Å². The van der Waals surface area contributed by atoms with Crippen LogP contribution in [0.25, 0.3) is 0 Å². The van der Waals surface area contributed by atoms with Crippen molar-refractivity contribution in [3.8, 4) is 5.75 Å². The van der Waals surface area contributed by atoms with Crippen molar-refractivity contribution in [2.24, 2.45) is 0 Å². The largest absolute Gasteiger partial charge is 0.496 e. The molecule has 0 spiro atoms. The van der Waals surface area contributed by atoms with Crippen LogP contribution in [0.1, 0.15) is 12.0 Å². The van der Waals surface area contributed by atoms with Gasteiger partial charge in [0.25, 0.3) is 0 Å². The normalized spacial score (nSPS) is 10.3. The molecule has 0 aliphatic carbocycles. The Bertz CT molecular complexity index is 578. The highest BCUT2D eigenvalue weighted by atomic mass is 16.5. The summed E-state index contributed by atoms with van der Waals surface area (Å²) in [5.74, 6) is 2.24. The number of hydrogen-bond donors (Lipinski definition) is 2. The van der Waals surface area contributed by atoms with Crippen molar-refractivity contribution in [3.63, 3.8) is 0 Å². The quantitative estimate of drug-likeness (QED) is 0.694. The van der Waals surface area contributed by atoms with Crippen molar-refractivity contribution in [2.75, 3.05) is 38.0 Å². The molecule has 0 fully saturated rings. The van der Waals surface area contributed by atoms with Gasteiger partial charge in [-0.05, 0) is 18.6 Å². The highest BCUT2D eigenvalue weighted by Crippen LogP contribution is 2.18. The average molecular weight is 302 g/mol. The van der Waals surface area contributed by atoms with Crippen LogP contribution in [0.5, 0.6) is 5.75 Å². The summed E-state index contributed by atoms with van der Waals surface area (Å²) in [6.07, 6.45) is 2.67. The van der Waals surface area contributed by atoms with Crippen LogP contribution in [0.2, 0.25) is 0 Å². The molecule has 0 radical (unpaired) electrons. The first kappa shape index (κ1) is 16.0. The lowest BCUT2D eigenvalue weighted by molar-refractivity contribution is 0.198. The van der Waals surface area contributed by atoms with E-state index in [2.05, 4.69) is 20.6 Å². The third-order valence-corrected chi connectivity index (χ3v) is 3.12. The van der Waals surface area contributed by atoms with Crippen molar-refractivity contribution >= 4 is 11.8 Å². The Balaban J connectivity index is 1.90. The van der Waals surface area contributed by atoms with Crippen LogP contribution in [-0.4, -0.2) is 37.3 Å². The van der Waals surface area contributed by atoms with Gasteiger partial charge in [-0.3, -0.25) is 0 Å². The van der Waals surface area contributed by atoms with Gasteiger partial charge < -0.3 is 20.1 Å². The fraction of sp³-hybridized carbons (Fsp3) is 0.375. The van der Waals surface area contributed by atoms with Crippen molar-refractivity contribution in [1.82, 2.24) is 9.97 Å². The Labute approximate surface area is 130 Å². The Kier molecular flexibility index (Phi) is 6.44. The van der Waals surface area contributed by atoms with Gasteiger partial charge >= 0.3 is 0 Å². The molecule has 6 nitrogen and oxygen atoms in total. The van der Waals surface area contributed by atoms with Crippen LogP contribution in [0.15, 0.2) is 36.5 Å². The molecule has 2 aromatic rings. The number of methoxy groups -OCH3 is 2. The summed E-state index contributed by atoms with van der Waals surface area (Å²) in [7, 11) is 3.37. The number of anilines is 2. The molecule has 0 unspecified atom stereocenters. The molecule has 0 aliphatic heterocycles. The van der Waals surface area contributed by atoms with Crippen LogP contribution in [0.4, 0.5) is 11.8 Å². The molecule has 0 amide bonds. The summed E-state index contributed by atoms with van der Waals surface area (Å²) in [6.45, 7) is 2.16. The highest BCUT2D eigenvalue weighted by Gasteiger charge is 2.03. The van der Waals surface area contributed by atoms with Crippen LogP contribution >= 0.6 is 0 Å². The molecule has 0 aliphatic rings. The van der Waals surface area contributed by atoms with E-state index in [-0.39, 0.29) is 0 Å². The van der Waals surface area contributed by atoms with Crippen molar-refractivity contribution in [1.29, 1.82) is 0 Å². The Morgan fingerprint density at radius 3 is 2.77 bits per heavy atom. The smallest absolute Gasteiger partial charge is 0.224 e. The Morgan fingerprint density at radius 1 is 1.09 bits per heavy atom. The van der Waals surface area contributed by atoms with Gasteiger partial charge in [-0.15, -0.1) is 0 Å². The van der Waals surface area contributed by atoms with Crippen molar-refractivity contribution in [3.05, 3.63) is 42.1 Å². The first-order chi connectivity index (χ1) is 10.8. The molecule has 1 heterocycles. The zero-order chi connectivity index (χ0) is 15.6. The minimum Gasteiger partial charge on any atom is -0.496 e. The fourth-order valence-electron chi connectivity index (χ4n) is 2.00. The Morgan fingerprint density at radius 2 is 1.95 bits per heavy atom. The molecule has 118 valence electrons. The van der Waals surface area contributed by atoms with E-state index >= 15 is 0 Å². The number of nitrogens with one attached hydrogen (secondary N) is 2. The molecule has 2 N–H and O–H groups in total. The summed E-state index contributed by atoms with van der Waals surface area (Å²) in [4.78, 5) is 8.65. The SMILES string of the molecule is COCCCNc1ccnc(NCc2ccccc2OC)n1. The zero-order valence-corrected chi connectivity index (χ0v) is 13.0. The number of rotatable bonds is 9. The van der Waals surface area contributed by atoms with Crippen LogP contribution in [-0.2, 0) is 11.3 Å². The average Bonchev–Trinajstić information content (AvgIpc) is 2.57. The first-order valence-electron chi connectivity index (χ1n) is 7.25. The third-order valence-electron chi connectivity index (χ3n) is 3.12. The van der Waals surface area contributed by atoms with Gasteiger partial charge in [0.2, 0.25) is 5.95 Å². The highest BCUT2D eigenvalue weighted by molar-refractivity contribution is 5.41. The summed E-state index contributed by atoms with van der Waals surface area (Å²) in [5.41, 5.74) is 1.06. The standard InChI is InChI=1S/C16H22N4O2/c1-21-11-5-9-17-15-8-10-18-16(20-15)19-12-13-6-3-4-7-14(13)22-2/h3-4,6-8,10H,5,9,11-12H2,1-2H3,(H2,17,18,19,20). The molecular formula is C16H22N4O2. The van der Waals surface area contributed by atoms with Crippen molar-refractivity contribution < 1.29 is 9.47 Å². The molecule has 22 heavy (non-hydrogen) atoms. The minimum absolute atomic E-state index is 0.586. The van der Waals surface area contributed by atoms with Gasteiger partial charge in [0.15, 0.2) is 0 Å². The first-order valence-corrected chi connectivity index (χ1v) is 7.25. The third kappa shape index (κ3) is 4.89. The van der Waals surface area contributed by atoms with Gasteiger partial charge in [0.1, 0.15) is 11.6 Å². The maximum absolute atomic E-state index is 5.33. The number of benzene rings is 1. The van der Waals surface area contributed by atoms with E-state index in [0.717, 1.165) is 36.7 Å². The molecule has 0 atom stereocenters. The van der Waals surface area contributed by atoms with E-state index in [0.29, 0.717) is 12.5 Å². The summed E-state index contributed by atoms with van der Waals surface area (Å²) in [5, 5.41) is 6.46. The molecular weight excluding hydrogens is 280 g/mol. The lowest BCUT2D eigenvalue weighted by Gasteiger charge is -2.10. The van der Waals surface area contributed by atoms with Gasteiger partial charge in [0.05, 0.1) is 7.11 Å². The molecule has 0 saturated carbocycles. The lowest BCUT2D eigenvalue weighted by Crippen LogP contribution is -2.09. The maximum atomic E-state index is 5.33. The van der Waals surface area contributed by atoms with Gasteiger partial charge in [-0.25, -0.2) is 4.98 Å². The summed E-state index contributed by atoms with van der Waals surface area (Å²) < 4.78 is 10.3. The zero-order valence-electron chi connectivity index (χ0n) is 13.0. The second-order valence-electron chi connectivity index (χ2n) is 4.70. The summed E-state index contributed by atoms with van der Waals surface area (Å²) >= 11 is 0. The van der Waals surface area contributed by atoms with E-state index in [1.54, 1.807) is 20.4 Å². The molecule has 6 heteroatoms.